The van der Waals surface area contributed by atoms with Crippen molar-refractivity contribution in [3.63, 3.8) is 0 Å². The highest BCUT2D eigenvalue weighted by atomic mass is 79.9. The molecule has 1 aromatic heterocycles. The Kier molecular flexibility index (Phi) is 4.20. The van der Waals surface area contributed by atoms with Gasteiger partial charge >= 0.3 is 0 Å². The maximum absolute atomic E-state index is 6.43. The van der Waals surface area contributed by atoms with Crippen molar-refractivity contribution in [2.75, 3.05) is 0 Å². The van der Waals surface area contributed by atoms with Crippen LogP contribution in [0.2, 0.25) is 5.02 Å². The molecule has 2 N–H and O–H groups in total. The molecule has 3 rings (SSSR count). The topological polar surface area (TPSA) is 26.0 Å². The summed E-state index contributed by atoms with van der Waals surface area (Å²) >= 11 is 15.0. The summed E-state index contributed by atoms with van der Waals surface area (Å²) < 4.78 is 3.29. The SMILES string of the molecule is NC(c1cc(Br)ccc1Cl)c1csc2c(Br)cccc12. The number of rotatable bonds is 2. The molecule has 1 atom stereocenters. The van der Waals surface area contributed by atoms with Crippen LogP contribution >= 0.6 is 54.8 Å². The Labute approximate surface area is 143 Å². The summed E-state index contributed by atoms with van der Waals surface area (Å²) in [5.41, 5.74) is 8.47. The van der Waals surface area contributed by atoms with Gasteiger partial charge in [0.25, 0.3) is 0 Å². The van der Waals surface area contributed by atoms with Gasteiger partial charge in [0.2, 0.25) is 0 Å². The Morgan fingerprint density at radius 3 is 2.70 bits per heavy atom. The van der Waals surface area contributed by atoms with E-state index in [0.717, 1.165) is 20.1 Å². The van der Waals surface area contributed by atoms with Crippen LogP contribution in [0.5, 0.6) is 0 Å². The van der Waals surface area contributed by atoms with Gasteiger partial charge in [0.05, 0.1) is 6.04 Å². The molecule has 0 amide bonds. The largest absolute Gasteiger partial charge is 0.320 e. The van der Waals surface area contributed by atoms with Gasteiger partial charge in [-0.15, -0.1) is 11.3 Å². The van der Waals surface area contributed by atoms with E-state index in [1.807, 2.05) is 30.3 Å². The van der Waals surface area contributed by atoms with Crippen molar-refractivity contribution in [3.05, 3.63) is 66.9 Å². The normalized spacial score (nSPS) is 12.8. The Hall–Kier alpha value is -0.390. The van der Waals surface area contributed by atoms with Crippen LogP contribution in [0.25, 0.3) is 10.1 Å². The second-order valence-corrected chi connectivity index (χ2v) is 7.51. The average Bonchev–Trinajstić information content (AvgIpc) is 2.86. The Morgan fingerprint density at radius 1 is 1.10 bits per heavy atom. The fourth-order valence-corrected chi connectivity index (χ4v) is 4.48. The highest BCUT2D eigenvalue weighted by molar-refractivity contribution is 9.11. The van der Waals surface area contributed by atoms with Crippen LogP contribution < -0.4 is 5.73 Å². The molecule has 2 aromatic carbocycles. The highest BCUT2D eigenvalue weighted by Crippen LogP contribution is 2.38. The number of thiophene rings is 1. The average molecular weight is 432 g/mol. The zero-order valence-corrected chi connectivity index (χ0v) is 15.0. The van der Waals surface area contributed by atoms with Crippen molar-refractivity contribution >= 4 is 64.9 Å². The van der Waals surface area contributed by atoms with E-state index in [0.29, 0.717) is 5.02 Å². The van der Waals surface area contributed by atoms with Crippen LogP contribution in [0.1, 0.15) is 17.2 Å². The van der Waals surface area contributed by atoms with Gasteiger partial charge in [-0.2, -0.15) is 0 Å². The van der Waals surface area contributed by atoms with Crippen molar-refractivity contribution in [1.82, 2.24) is 0 Å². The third kappa shape index (κ3) is 2.55. The monoisotopic (exact) mass is 429 g/mol. The number of benzene rings is 2. The molecular formula is C15H10Br2ClNS. The molecule has 20 heavy (non-hydrogen) atoms. The Balaban J connectivity index is 2.15. The third-order valence-electron chi connectivity index (χ3n) is 3.21. The van der Waals surface area contributed by atoms with Gasteiger partial charge in [-0.3, -0.25) is 0 Å². The lowest BCUT2D eigenvalue weighted by Crippen LogP contribution is -2.11. The second-order valence-electron chi connectivity index (χ2n) is 4.45. The molecule has 5 heteroatoms. The van der Waals surface area contributed by atoms with Gasteiger partial charge in [0.15, 0.2) is 0 Å². The molecule has 0 aliphatic carbocycles. The van der Waals surface area contributed by atoms with Gasteiger partial charge in [-0.05, 0) is 62.1 Å². The van der Waals surface area contributed by atoms with Crippen LogP contribution in [0.3, 0.4) is 0 Å². The van der Waals surface area contributed by atoms with E-state index in [1.54, 1.807) is 11.3 Å². The summed E-state index contributed by atoms with van der Waals surface area (Å²) in [6.45, 7) is 0. The molecule has 0 aliphatic rings. The van der Waals surface area contributed by atoms with E-state index in [4.69, 9.17) is 17.3 Å². The van der Waals surface area contributed by atoms with Crippen molar-refractivity contribution in [1.29, 1.82) is 0 Å². The molecule has 1 unspecified atom stereocenters. The maximum Gasteiger partial charge on any atom is 0.0581 e. The maximum atomic E-state index is 6.43. The van der Waals surface area contributed by atoms with Crippen molar-refractivity contribution in [2.45, 2.75) is 6.04 Å². The molecule has 0 spiro atoms. The van der Waals surface area contributed by atoms with Crippen LogP contribution in [0.15, 0.2) is 50.7 Å². The molecule has 102 valence electrons. The highest BCUT2D eigenvalue weighted by Gasteiger charge is 2.17. The van der Waals surface area contributed by atoms with Gasteiger partial charge in [0.1, 0.15) is 0 Å². The summed E-state index contributed by atoms with van der Waals surface area (Å²) in [4.78, 5) is 0. The third-order valence-corrected chi connectivity index (χ3v) is 6.02. The summed E-state index contributed by atoms with van der Waals surface area (Å²) in [5.74, 6) is 0. The molecule has 1 heterocycles. The van der Waals surface area contributed by atoms with Crippen molar-refractivity contribution in [3.8, 4) is 0 Å². The Bertz CT molecular complexity index is 785. The number of halogens is 3. The number of hydrogen-bond acceptors (Lipinski definition) is 2. The lowest BCUT2D eigenvalue weighted by molar-refractivity contribution is 0.884. The first kappa shape index (κ1) is 14.5. The molecule has 0 radical (unpaired) electrons. The quantitative estimate of drug-likeness (QED) is 0.519. The zero-order valence-electron chi connectivity index (χ0n) is 10.2. The first-order chi connectivity index (χ1) is 9.58. The minimum absolute atomic E-state index is 0.233. The van der Waals surface area contributed by atoms with Crippen molar-refractivity contribution in [2.24, 2.45) is 5.73 Å². The minimum Gasteiger partial charge on any atom is -0.320 e. The van der Waals surface area contributed by atoms with Crippen LogP contribution in [-0.4, -0.2) is 0 Å². The fourth-order valence-electron chi connectivity index (χ4n) is 2.20. The number of hydrogen-bond donors (Lipinski definition) is 1. The molecule has 1 nitrogen and oxygen atoms in total. The van der Waals surface area contributed by atoms with Gasteiger partial charge in [-0.25, -0.2) is 0 Å². The lowest BCUT2D eigenvalue weighted by atomic mass is 9.99. The van der Waals surface area contributed by atoms with E-state index in [-0.39, 0.29) is 6.04 Å². The molecule has 0 bridgehead atoms. The van der Waals surface area contributed by atoms with Crippen LogP contribution in [0, 0.1) is 0 Å². The smallest absolute Gasteiger partial charge is 0.0581 e. The molecule has 0 fully saturated rings. The summed E-state index contributed by atoms with van der Waals surface area (Å²) in [5, 5.41) is 3.97. The van der Waals surface area contributed by atoms with Gasteiger partial charge in [-0.1, -0.05) is 39.7 Å². The van der Waals surface area contributed by atoms with Crippen LogP contribution in [-0.2, 0) is 0 Å². The van der Waals surface area contributed by atoms with Gasteiger partial charge < -0.3 is 5.73 Å². The number of nitrogens with two attached hydrogens (primary N) is 1. The summed E-state index contributed by atoms with van der Waals surface area (Å²) in [6, 6.07) is 11.7. The van der Waals surface area contributed by atoms with E-state index in [2.05, 4.69) is 43.3 Å². The van der Waals surface area contributed by atoms with Crippen LogP contribution in [0.4, 0.5) is 0 Å². The molecular weight excluding hydrogens is 422 g/mol. The second kappa shape index (κ2) is 5.78. The fraction of sp³-hybridized carbons (Fsp3) is 0.0667. The number of fused-ring (bicyclic) bond motifs is 1. The van der Waals surface area contributed by atoms with E-state index >= 15 is 0 Å². The minimum atomic E-state index is -0.233. The molecule has 0 aliphatic heterocycles. The predicted octanol–water partition coefficient (Wildman–Crippen LogP) is 6.13. The Morgan fingerprint density at radius 2 is 1.90 bits per heavy atom. The standard InChI is InChI=1S/C15H10Br2ClNS/c16-8-4-5-13(18)10(6-8)14(19)11-7-20-15-9(11)2-1-3-12(15)17/h1-7,14H,19H2. The van der Waals surface area contributed by atoms with Crippen molar-refractivity contribution < 1.29 is 0 Å². The summed E-state index contributed by atoms with van der Waals surface area (Å²) in [6.07, 6.45) is 0. The molecule has 0 saturated carbocycles. The summed E-state index contributed by atoms with van der Waals surface area (Å²) in [7, 11) is 0. The van der Waals surface area contributed by atoms with E-state index < -0.39 is 0 Å². The molecule has 3 aromatic rings. The first-order valence-corrected chi connectivity index (χ1v) is 8.78. The zero-order chi connectivity index (χ0) is 14.3. The molecule has 0 saturated heterocycles. The van der Waals surface area contributed by atoms with Gasteiger partial charge in [0, 0.05) is 18.7 Å². The lowest BCUT2D eigenvalue weighted by Gasteiger charge is -2.14. The first-order valence-electron chi connectivity index (χ1n) is 5.94. The predicted molar refractivity (Wildman–Crippen MR) is 94.7 cm³/mol. The van der Waals surface area contributed by atoms with E-state index in [9.17, 15) is 0 Å². The van der Waals surface area contributed by atoms with E-state index in [1.165, 1.54) is 10.1 Å².